The van der Waals surface area contributed by atoms with Gasteiger partial charge in [0.05, 0.1) is 21.8 Å². The Balaban J connectivity index is 1.71. The Morgan fingerprint density at radius 1 is 1.24 bits per heavy atom. The maximum atomic E-state index is 11.4. The average Bonchev–Trinajstić information content (AvgIpc) is 3.13. The van der Waals surface area contributed by atoms with Gasteiger partial charge in [-0.15, -0.1) is 10.2 Å². The summed E-state index contributed by atoms with van der Waals surface area (Å²) < 4.78 is 28.4. The van der Waals surface area contributed by atoms with Crippen molar-refractivity contribution in [2.75, 3.05) is 12.4 Å². The molecule has 0 saturated carbocycles. The fourth-order valence-electron chi connectivity index (χ4n) is 2.24. The molecule has 0 saturated heterocycles. The van der Waals surface area contributed by atoms with Crippen LogP contribution in [0.25, 0.3) is 0 Å². The molecule has 13 heteroatoms. The van der Waals surface area contributed by atoms with E-state index in [0.29, 0.717) is 16.0 Å². The summed E-state index contributed by atoms with van der Waals surface area (Å²) in [6.45, 7) is 0.520. The standard InChI is InChI=1S/C16H15N5O5S3/c1-26-11-4-2-10(3-5-11)9-18-15-19-20-16(28-15)27-14-7-6-12(29(17,24)25)8-13(14)21(22)23/h2-8H,9H2,1H3,(H,18,19)(H2,17,24,25). The summed E-state index contributed by atoms with van der Waals surface area (Å²) >= 11 is 2.24. The zero-order valence-electron chi connectivity index (χ0n) is 14.9. The third-order valence-corrected chi connectivity index (χ3v) is 6.57. The summed E-state index contributed by atoms with van der Waals surface area (Å²) in [6, 6.07) is 11.0. The Bertz CT molecular complexity index is 1130. The molecule has 0 unspecified atom stereocenters. The van der Waals surface area contributed by atoms with Gasteiger partial charge in [0.15, 0.2) is 4.34 Å². The number of nitro groups is 1. The largest absolute Gasteiger partial charge is 0.497 e. The molecule has 1 aromatic heterocycles. The van der Waals surface area contributed by atoms with Gasteiger partial charge in [0.2, 0.25) is 15.2 Å². The SMILES string of the molecule is COc1ccc(CNc2nnc(Sc3ccc(S(N)(=O)=O)cc3[N+](=O)[O-])s2)cc1. The number of anilines is 1. The van der Waals surface area contributed by atoms with Crippen molar-refractivity contribution in [2.24, 2.45) is 5.14 Å². The number of rotatable bonds is 8. The van der Waals surface area contributed by atoms with Crippen molar-refractivity contribution >= 4 is 43.9 Å². The van der Waals surface area contributed by atoms with Crippen molar-refractivity contribution in [3.05, 3.63) is 58.1 Å². The Morgan fingerprint density at radius 2 is 1.97 bits per heavy atom. The molecule has 3 rings (SSSR count). The van der Waals surface area contributed by atoms with E-state index in [4.69, 9.17) is 9.88 Å². The minimum Gasteiger partial charge on any atom is -0.497 e. The second-order valence-electron chi connectivity index (χ2n) is 5.61. The highest BCUT2D eigenvalue weighted by molar-refractivity contribution is 8.01. The lowest BCUT2D eigenvalue weighted by atomic mass is 10.2. The first-order chi connectivity index (χ1) is 13.8. The van der Waals surface area contributed by atoms with Gasteiger partial charge in [-0.05, 0) is 41.6 Å². The number of nitrogens with two attached hydrogens (primary N) is 1. The molecule has 0 amide bonds. The Labute approximate surface area is 174 Å². The average molecular weight is 454 g/mol. The molecule has 3 aromatic rings. The molecule has 0 bridgehead atoms. The zero-order valence-corrected chi connectivity index (χ0v) is 17.4. The van der Waals surface area contributed by atoms with Crippen LogP contribution in [0.2, 0.25) is 0 Å². The van der Waals surface area contributed by atoms with Gasteiger partial charge in [-0.1, -0.05) is 23.5 Å². The van der Waals surface area contributed by atoms with Gasteiger partial charge in [0.1, 0.15) is 5.75 Å². The van der Waals surface area contributed by atoms with Crippen LogP contribution in [-0.4, -0.2) is 30.6 Å². The number of ether oxygens (including phenoxy) is 1. The number of hydrogen-bond acceptors (Lipinski definition) is 10. The number of sulfonamides is 1. The van der Waals surface area contributed by atoms with E-state index in [1.807, 2.05) is 24.3 Å². The summed E-state index contributed by atoms with van der Waals surface area (Å²) in [5, 5.41) is 28.0. The van der Waals surface area contributed by atoms with E-state index >= 15 is 0 Å². The van der Waals surface area contributed by atoms with Gasteiger partial charge in [-0.2, -0.15) is 0 Å². The Hall–Kier alpha value is -2.74. The number of hydrogen-bond donors (Lipinski definition) is 2. The number of benzene rings is 2. The normalized spacial score (nSPS) is 11.2. The highest BCUT2D eigenvalue weighted by Gasteiger charge is 2.21. The third-order valence-electron chi connectivity index (χ3n) is 3.66. The molecular weight excluding hydrogens is 438 g/mol. The van der Waals surface area contributed by atoms with E-state index in [1.165, 1.54) is 23.5 Å². The van der Waals surface area contributed by atoms with Gasteiger partial charge < -0.3 is 10.1 Å². The first-order valence-corrected chi connectivity index (χ1v) is 11.1. The Morgan fingerprint density at radius 3 is 2.59 bits per heavy atom. The van der Waals surface area contributed by atoms with Gasteiger partial charge in [-0.25, -0.2) is 13.6 Å². The molecule has 3 N–H and O–H groups in total. The van der Waals surface area contributed by atoms with Crippen molar-refractivity contribution < 1.29 is 18.1 Å². The summed E-state index contributed by atoms with van der Waals surface area (Å²) in [6.07, 6.45) is 0. The smallest absolute Gasteiger partial charge is 0.284 e. The molecule has 0 radical (unpaired) electrons. The van der Waals surface area contributed by atoms with Crippen LogP contribution in [0.5, 0.6) is 5.75 Å². The van der Waals surface area contributed by atoms with Crippen molar-refractivity contribution in [3.63, 3.8) is 0 Å². The fraction of sp³-hybridized carbons (Fsp3) is 0.125. The molecule has 0 fully saturated rings. The maximum absolute atomic E-state index is 11.4. The molecule has 0 spiro atoms. The van der Waals surface area contributed by atoms with E-state index in [0.717, 1.165) is 29.1 Å². The van der Waals surface area contributed by atoms with Gasteiger partial charge in [0.25, 0.3) is 5.69 Å². The number of nitrogens with zero attached hydrogens (tertiary/aromatic N) is 3. The molecule has 1 heterocycles. The van der Waals surface area contributed by atoms with Gasteiger partial charge >= 0.3 is 0 Å². The zero-order chi connectivity index (χ0) is 21.0. The molecule has 0 atom stereocenters. The van der Waals surface area contributed by atoms with Crippen LogP contribution in [0.15, 0.2) is 56.6 Å². The Kier molecular flexibility index (Phi) is 6.32. The minimum absolute atomic E-state index is 0.236. The molecular formula is C16H15N5O5S3. The number of methoxy groups -OCH3 is 1. The van der Waals surface area contributed by atoms with E-state index in [2.05, 4.69) is 15.5 Å². The number of nitro benzene ring substituents is 1. The molecule has 152 valence electrons. The second kappa shape index (κ2) is 8.73. The minimum atomic E-state index is -4.04. The topological polar surface area (TPSA) is 150 Å². The van der Waals surface area contributed by atoms with Crippen LogP contribution in [0.1, 0.15) is 5.56 Å². The summed E-state index contributed by atoms with van der Waals surface area (Å²) in [7, 11) is -2.44. The number of nitrogens with one attached hydrogen (secondary N) is 1. The van der Waals surface area contributed by atoms with E-state index < -0.39 is 14.9 Å². The van der Waals surface area contributed by atoms with Crippen molar-refractivity contribution in [2.45, 2.75) is 20.7 Å². The summed E-state index contributed by atoms with van der Waals surface area (Å²) in [5.41, 5.74) is 0.647. The molecule has 29 heavy (non-hydrogen) atoms. The highest BCUT2D eigenvalue weighted by Crippen LogP contribution is 2.38. The summed E-state index contributed by atoms with van der Waals surface area (Å²) in [4.78, 5) is 10.5. The van der Waals surface area contributed by atoms with Crippen LogP contribution >= 0.6 is 23.1 Å². The monoisotopic (exact) mass is 453 g/mol. The predicted molar refractivity (Wildman–Crippen MR) is 109 cm³/mol. The first kappa shape index (κ1) is 21.0. The predicted octanol–water partition coefficient (Wildman–Crippen LogP) is 2.87. The second-order valence-corrected chi connectivity index (χ2v) is 9.44. The lowest BCUT2D eigenvalue weighted by Gasteiger charge is -2.04. The summed E-state index contributed by atoms with van der Waals surface area (Å²) in [5.74, 6) is 0.762. The van der Waals surface area contributed by atoms with Crippen LogP contribution in [-0.2, 0) is 16.6 Å². The van der Waals surface area contributed by atoms with Crippen LogP contribution < -0.4 is 15.2 Å². The highest BCUT2D eigenvalue weighted by atomic mass is 32.2. The number of primary sulfonamides is 1. The number of aromatic nitrogens is 2. The van der Waals surface area contributed by atoms with Crippen LogP contribution in [0, 0.1) is 10.1 Å². The fourth-order valence-corrected chi connectivity index (χ4v) is 4.56. The van der Waals surface area contributed by atoms with E-state index in [9.17, 15) is 18.5 Å². The first-order valence-electron chi connectivity index (χ1n) is 7.95. The lowest BCUT2D eigenvalue weighted by molar-refractivity contribution is -0.388. The molecule has 10 nitrogen and oxygen atoms in total. The van der Waals surface area contributed by atoms with Crippen LogP contribution in [0.3, 0.4) is 0 Å². The van der Waals surface area contributed by atoms with Crippen molar-refractivity contribution in [3.8, 4) is 5.75 Å². The molecule has 0 aliphatic rings. The van der Waals surface area contributed by atoms with Gasteiger partial charge in [-0.3, -0.25) is 10.1 Å². The molecule has 0 aliphatic heterocycles. The van der Waals surface area contributed by atoms with Crippen molar-refractivity contribution in [1.29, 1.82) is 0 Å². The van der Waals surface area contributed by atoms with E-state index in [1.54, 1.807) is 7.11 Å². The quantitative estimate of drug-likeness (QED) is 0.387. The van der Waals surface area contributed by atoms with E-state index in [-0.39, 0.29) is 15.5 Å². The maximum Gasteiger partial charge on any atom is 0.284 e. The van der Waals surface area contributed by atoms with Crippen LogP contribution in [0.4, 0.5) is 10.8 Å². The third kappa shape index (κ3) is 5.41. The van der Waals surface area contributed by atoms with Gasteiger partial charge in [0, 0.05) is 12.6 Å². The lowest BCUT2D eigenvalue weighted by Crippen LogP contribution is -2.12. The molecule has 0 aliphatic carbocycles. The van der Waals surface area contributed by atoms with Crippen molar-refractivity contribution in [1.82, 2.24) is 10.2 Å². The molecule has 2 aromatic carbocycles.